The molecule has 0 fully saturated rings. The number of aliphatic carboxylic acids is 1. The topological polar surface area (TPSA) is 66.8 Å². The summed E-state index contributed by atoms with van der Waals surface area (Å²) >= 11 is 0. The number of para-hydroxylation sites is 1. The molecule has 1 atom stereocenters. The van der Waals surface area contributed by atoms with Crippen LogP contribution in [-0.2, 0) is 9.59 Å². The number of benzene rings is 1. The molecule has 116 valence electrons. The Kier molecular flexibility index (Phi) is 6.72. The third-order valence-corrected chi connectivity index (χ3v) is 3.46. The monoisotopic (exact) mass is 293 g/mol. The van der Waals surface area contributed by atoms with E-state index in [4.69, 9.17) is 9.84 Å². The number of carbonyl (C=O) groups is 2. The second-order valence-electron chi connectivity index (χ2n) is 5.16. The van der Waals surface area contributed by atoms with Crippen LogP contribution in [0, 0.1) is 0 Å². The Hall–Kier alpha value is -2.04. The number of methoxy groups -OCH3 is 1. The highest BCUT2D eigenvalue weighted by molar-refractivity contribution is 5.77. The molecule has 5 heteroatoms. The van der Waals surface area contributed by atoms with E-state index in [0.717, 1.165) is 11.3 Å². The summed E-state index contributed by atoms with van der Waals surface area (Å²) in [5.41, 5.74) is 1.01. The van der Waals surface area contributed by atoms with Gasteiger partial charge in [-0.3, -0.25) is 9.59 Å². The first-order chi connectivity index (χ1) is 9.95. The van der Waals surface area contributed by atoms with Crippen LogP contribution in [0.5, 0.6) is 5.75 Å². The third-order valence-electron chi connectivity index (χ3n) is 3.46. The molecule has 1 N–H and O–H groups in total. The van der Waals surface area contributed by atoms with E-state index in [0.29, 0.717) is 19.4 Å². The summed E-state index contributed by atoms with van der Waals surface area (Å²) < 4.78 is 5.31. The first kappa shape index (κ1) is 17.0. The van der Waals surface area contributed by atoms with Crippen molar-refractivity contribution in [3.8, 4) is 5.75 Å². The van der Waals surface area contributed by atoms with Crippen molar-refractivity contribution in [3.63, 3.8) is 0 Å². The van der Waals surface area contributed by atoms with E-state index in [1.165, 1.54) is 0 Å². The van der Waals surface area contributed by atoms with Gasteiger partial charge in [-0.1, -0.05) is 25.1 Å². The van der Waals surface area contributed by atoms with Gasteiger partial charge in [-0.15, -0.1) is 0 Å². The molecule has 1 aromatic rings. The van der Waals surface area contributed by atoms with E-state index < -0.39 is 5.97 Å². The zero-order chi connectivity index (χ0) is 15.8. The van der Waals surface area contributed by atoms with Crippen molar-refractivity contribution in [3.05, 3.63) is 29.8 Å². The fraction of sp³-hybridized carbons (Fsp3) is 0.500. The first-order valence-corrected chi connectivity index (χ1v) is 7.04. The minimum atomic E-state index is -0.835. The zero-order valence-electron chi connectivity index (χ0n) is 12.8. The zero-order valence-corrected chi connectivity index (χ0v) is 12.8. The van der Waals surface area contributed by atoms with Crippen molar-refractivity contribution in [2.24, 2.45) is 0 Å². The van der Waals surface area contributed by atoms with Crippen LogP contribution in [-0.4, -0.2) is 42.6 Å². The minimum absolute atomic E-state index is 0.0128. The highest BCUT2D eigenvalue weighted by Gasteiger charge is 2.17. The summed E-state index contributed by atoms with van der Waals surface area (Å²) in [5, 5.41) is 8.60. The van der Waals surface area contributed by atoms with E-state index in [1.807, 2.05) is 31.2 Å². The van der Waals surface area contributed by atoms with Gasteiger partial charge in [0.2, 0.25) is 5.91 Å². The van der Waals surface area contributed by atoms with Gasteiger partial charge in [-0.05, 0) is 24.0 Å². The van der Waals surface area contributed by atoms with Crippen molar-refractivity contribution >= 4 is 11.9 Å². The minimum Gasteiger partial charge on any atom is -0.496 e. The Bertz CT molecular complexity index is 487. The van der Waals surface area contributed by atoms with Gasteiger partial charge in [0.05, 0.1) is 7.11 Å². The molecule has 0 aromatic heterocycles. The van der Waals surface area contributed by atoms with E-state index in [9.17, 15) is 9.59 Å². The molecule has 0 radical (unpaired) electrons. The maximum Gasteiger partial charge on any atom is 0.303 e. The molecule has 0 aliphatic heterocycles. The molecule has 5 nitrogen and oxygen atoms in total. The predicted octanol–water partition coefficient (Wildman–Crippen LogP) is 2.51. The van der Waals surface area contributed by atoms with Crippen molar-refractivity contribution in [1.82, 2.24) is 4.90 Å². The van der Waals surface area contributed by atoms with E-state index >= 15 is 0 Å². The number of hydrogen-bond acceptors (Lipinski definition) is 3. The summed E-state index contributed by atoms with van der Waals surface area (Å²) in [6, 6.07) is 7.67. The fourth-order valence-corrected chi connectivity index (χ4v) is 2.19. The molecule has 1 unspecified atom stereocenters. The average Bonchev–Trinajstić information content (AvgIpc) is 2.46. The van der Waals surface area contributed by atoms with Crippen LogP contribution < -0.4 is 4.74 Å². The normalized spacial score (nSPS) is 11.8. The van der Waals surface area contributed by atoms with Crippen molar-refractivity contribution in [2.75, 3.05) is 20.7 Å². The van der Waals surface area contributed by atoms with Crippen LogP contribution in [0.2, 0.25) is 0 Å². The molecular weight excluding hydrogens is 270 g/mol. The third kappa shape index (κ3) is 5.45. The van der Waals surface area contributed by atoms with Gasteiger partial charge in [0.15, 0.2) is 0 Å². The number of ether oxygens (including phenoxy) is 1. The van der Waals surface area contributed by atoms with Crippen LogP contribution in [0.3, 0.4) is 0 Å². The molecule has 0 saturated carbocycles. The number of carboxylic acids is 1. The summed E-state index contributed by atoms with van der Waals surface area (Å²) in [5.74, 6) is 0.0129. The lowest BCUT2D eigenvalue weighted by Gasteiger charge is -2.20. The second kappa shape index (κ2) is 8.29. The lowest BCUT2D eigenvalue weighted by molar-refractivity contribution is -0.138. The molecule has 0 spiro atoms. The van der Waals surface area contributed by atoms with E-state index in [2.05, 4.69) is 0 Å². The number of carbonyl (C=O) groups excluding carboxylic acids is 1. The largest absolute Gasteiger partial charge is 0.496 e. The quantitative estimate of drug-likeness (QED) is 0.799. The van der Waals surface area contributed by atoms with Crippen molar-refractivity contribution < 1.29 is 19.4 Å². The average molecular weight is 293 g/mol. The highest BCUT2D eigenvalue weighted by atomic mass is 16.5. The Balaban J connectivity index is 2.55. The number of hydrogen-bond donors (Lipinski definition) is 1. The van der Waals surface area contributed by atoms with Crippen LogP contribution in [0.1, 0.15) is 37.7 Å². The molecule has 0 aliphatic carbocycles. The summed E-state index contributed by atoms with van der Waals surface area (Å²) in [6.45, 7) is 2.45. The Morgan fingerprint density at radius 1 is 1.33 bits per heavy atom. The standard InChI is InChI=1S/C16H23NO4/c1-12(13-7-4-5-8-14(13)21-3)11-15(18)17(2)10-6-9-16(19)20/h4-5,7-8,12H,6,9-11H2,1-3H3,(H,19,20). The molecule has 0 saturated heterocycles. The lowest BCUT2D eigenvalue weighted by Crippen LogP contribution is -2.29. The summed E-state index contributed by atoms with van der Waals surface area (Å²) in [6.07, 6.45) is 0.935. The highest BCUT2D eigenvalue weighted by Crippen LogP contribution is 2.28. The summed E-state index contributed by atoms with van der Waals surface area (Å²) in [4.78, 5) is 24.2. The molecular formula is C16H23NO4. The molecule has 21 heavy (non-hydrogen) atoms. The predicted molar refractivity (Wildman–Crippen MR) is 80.5 cm³/mol. The number of rotatable bonds is 8. The molecule has 0 aliphatic rings. The second-order valence-corrected chi connectivity index (χ2v) is 5.16. The van der Waals surface area contributed by atoms with Gasteiger partial charge in [0, 0.05) is 26.4 Å². The van der Waals surface area contributed by atoms with Crippen LogP contribution in [0.4, 0.5) is 0 Å². The molecule has 1 aromatic carbocycles. The van der Waals surface area contributed by atoms with Crippen molar-refractivity contribution in [2.45, 2.75) is 32.1 Å². The molecule has 1 amide bonds. The van der Waals surface area contributed by atoms with Crippen molar-refractivity contribution in [1.29, 1.82) is 0 Å². The fourth-order valence-electron chi connectivity index (χ4n) is 2.19. The van der Waals surface area contributed by atoms with E-state index in [1.54, 1.807) is 19.1 Å². The Morgan fingerprint density at radius 2 is 2.00 bits per heavy atom. The maximum atomic E-state index is 12.1. The van der Waals surface area contributed by atoms with Gasteiger partial charge < -0.3 is 14.7 Å². The lowest BCUT2D eigenvalue weighted by atomic mass is 9.96. The summed E-state index contributed by atoms with van der Waals surface area (Å²) in [7, 11) is 3.32. The molecule has 0 heterocycles. The number of amides is 1. The van der Waals surface area contributed by atoms with Gasteiger partial charge in [0.1, 0.15) is 5.75 Å². The SMILES string of the molecule is COc1ccccc1C(C)CC(=O)N(C)CCCC(=O)O. The smallest absolute Gasteiger partial charge is 0.303 e. The van der Waals surface area contributed by atoms with Crippen LogP contribution in [0.25, 0.3) is 0 Å². The molecule has 1 rings (SSSR count). The van der Waals surface area contributed by atoms with Gasteiger partial charge >= 0.3 is 5.97 Å². The van der Waals surface area contributed by atoms with Crippen LogP contribution in [0.15, 0.2) is 24.3 Å². The first-order valence-electron chi connectivity index (χ1n) is 7.04. The Morgan fingerprint density at radius 3 is 2.62 bits per heavy atom. The maximum absolute atomic E-state index is 12.1. The van der Waals surface area contributed by atoms with Crippen LogP contribution >= 0.6 is 0 Å². The molecule has 0 bridgehead atoms. The Labute approximate surface area is 125 Å². The van der Waals surface area contributed by atoms with E-state index in [-0.39, 0.29) is 18.2 Å². The number of carboxylic acid groups (broad SMARTS) is 1. The number of nitrogens with zero attached hydrogens (tertiary/aromatic N) is 1. The van der Waals surface area contributed by atoms with Gasteiger partial charge in [-0.2, -0.15) is 0 Å². The van der Waals surface area contributed by atoms with Gasteiger partial charge in [-0.25, -0.2) is 0 Å². The van der Waals surface area contributed by atoms with Gasteiger partial charge in [0.25, 0.3) is 0 Å².